The molecule has 0 aromatic heterocycles. The van der Waals surface area contributed by atoms with E-state index in [-0.39, 0.29) is 5.41 Å². The highest BCUT2D eigenvalue weighted by atomic mass is 127. The largest absolute Gasteiger partial charge is 0.508 e. The van der Waals surface area contributed by atoms with E-state index in [0.29, 0.717) is 11.5 Å². The van der Waals surface area contributed by atoms with Gasteiger partial charge >= 0.3 is 0 Å². The van der Waals surface area contributed by atoms with E-state index in [0.717, 1.165) is 25.7 Å². The van der Waals surface area contributed by atoms with E-state index in [4.69, 9.17) is 0 Å². The molecule has 4 heteroatoms. The standard InChI is InChI=1S/C17H16O2.C2H6.HIS/c18-13-3-1-11-5-7-17(15(11)9-13)8-6-12-2-4-14(19)10-16(12)17;2*1-2/h1-4,9-10,18-19H,5-8H2;1-2H3;2H. The van der Waals surface area contributed by atoms with E-state index in [9.17, 15) is 10.2 Å². The second-order valence-electron chi connectivity index (χ2n) is 5.77. The highest BCUT2D eigenvalue weighted by Crippen LogP contribution is 2.53. The van der Waals surface area contributed by atoms with Crippen LogP contribution in [0.1, 0.15) is 48.9 Å². The molecule has 0 radical (unpaired) electrons. The molecule has 2 aromatic rings. The van der Waals surface area contributed by atoms with Crippen LogP contribution in [0.15, 0.2) is 36.4 Å². The average molecular weight is 442 g/mol. The van der Waals surface area contributed by atoms with Crippen molar-refractivity contribution in [2.75, 3.05) is 0 Å². The number of aryl methyl sites for hydroxylation is 2. The number of thiol groups is 1. The van der Waals surface area contributed by atoms with E-state index < -0.39 is 0 Å². The zero-order chi connectivity index (χ0) is 17.0. The van der Waals surface area contributed by atoms with E-state index in [2.05, 4.69) is 9.80 Å². The molecule has 23 heavy (non-hydrogen) atoms. The lowest BCUT2D eigenvalue weighted by molar-refractivity contribution is 0.463. The Morgan fingerprint density at radius 2 is 1.22 bits per heavy atom. The summed E-state index contributed by atoms with van der Waals surface area (Å²) in [5, 5.41) is 19.6. The van der Waals surface area contributed by atoms with Crippen molar-refractivity contribution in [2.24, 2.45) is 0 Å². The third kappa shape index (κ3) is 3.20. The average Bonchev–Trinajstić information content (AvgIpc) is 3.14. The van der Waals surface area contributed by atoms with E-state index in [1.54, 1.807) is 12.1 Å². The molecule has 0 bridgehead atoms. The summed E-state index contributed by atoms with van der Waals surface area (Å²) in [5.41, 5.74) is 5.22. The summed E-state index contributed by atoms with van der Waals surface area (Å²) in [7, 11) is 3.50. The van der Waals surface area contributed by atoms with Crippen molar-refractivity contribution in [3.05, 3.63) is 58.7 Å². The number of rotatable bonds is 0. The number of hydrogen-bond donors (Lipinski definition) is 3. The topological polar surface area (TPSA) is 40.5 Å². The molecule has 4 rings (SSSR count). The fraction of sp³-hybridized carbons (Fsp3) is 0.368. The summed E-state index contributed by atoms with van der Waals surface area (Å²) in [6.07, 6.45) is 4.29. The Hall–Kier alpha value is -0.880. The molecule has 0 saturated heterocycles. The SMILES string of the molecule is CC.Oc1ccc2c(c1)C1(CC2)CCc2ccc(O)cc21.SI. The van der Waals surface area contributed by atoms with Crippen LogP contribution in [0.3, 0.4) is 0 Å². The number of halogens is 1. The van der Waals surface area contributed by atoms with Crippen molar-refractivity contribution < 1.29 is 10.2 Å². The van der Waals surface area contributed by atoms with Crippen LogP contribution in [0.2, 0.25) is 0 Å². The zero-order valence-electron chi connectivity index (χ0n) is 13.5. The van der Waals surface area contributed by atoms with Crippen LogP contribution < -0.4 is 0 Å². The van der Waals surface area contributed by atoms with Gasteiger partial charge in [-0.25, -0.2) is 0 Å². The molecule has 124 valence electrons. The molecular weight excluding hydrogens is 419 g/mol. The zero-order valence-corrected chi connectivity index (χ0v) is 16.6. The minimum atomic E-state index is 0.0160. The summed E-state index contributed by atoms with van der Waals surface area (Å²) >= 11 is 1.84. The van der Waals surface area contributed by atoms with Crippen molar-refractivity contribution in [3.63, 3.8) is 0 Å². The summed E-state index contributed by atoms with van der Waals surface area (Å²) in [4.78, 5) is 0. The van der Waals surface area contributed by atoms with Crippen LogP contribution in [-0.2, 0) is 18.3 Å². The molecule has 0 heterocycles. The van der Waals surface area contributed by atoms with Gasteiger partial charge in [-0.3, -0.25) is 0 Å². The maximum absolute atomic E-state index is 9.79. The van der Waals surface area contributed by atoms with Crippen LogP contribution >= 0.6 is 31.0 Å². The molecule has 0 saturated carbocycles. The number of phenols is 2. The molecule has 0 atom stereocenters. The molecule has 2 aliphatic carbocycles. The minimum Gasteiger partial charge on any atom is -0.508 e. The fourth-order valence-corrected chi connectivity index (χ4v) is 3.96. The Balaban J connectivity index is 0.000000448. The van der Waals surface area contributed by atoms with E-state index in [1.807, 2.05) is 59.3 Å². The lowest BCUT2D eigenvalue weighted by atomic mass is 9.76. The summed E-state index contributed by atoms with van der Waals surface area (Å²) in [6, 6.07) is 11.5. The van der Waals surface area contributed by atoms with Gasteiger partial charge in [0.1, 0.15) is 11.5 Å². The first-order chi connectivity index (χ1) is 11.2. The van der Waals surface area contributed by atoms with Gasteiger partial charge in [0.2, 0.25) is 0 Å². The minimum absolute atomic E-state index is 0.0160. The first kappa shape index (κ1) is 18.5. The highest BCUT2D eigenvalue weighted by Gasteiger charge is 2.44. The Morgan fingerprint density at radius 3 is 1.61 bits per heavy atom. The first-order valence-corrected chi connectivity index (χ1v) is 11.2. The van der Waals surface area contributed by atoms with Crippen LogP contribution in [0.25, 0.3) is 0 Å². The fourth-order valence-electron chi connectivity index (χ4n) is 3.96. The van der Waals surface area contributed by atoms with Gasteiger partial charge in [0.25, 0.3) is 0 Å². The molecule has 2 aromatic carbocycles. The molecule has 2 nitrogen and oxygen atoms in total. The van der Waals surface area contributed by atoms with Crippen LogP contribution in [0.5, 0.6) is 11.5 Å². The highest BCUT2D eigenvalue weighted by molar-refractivity contribution is 14.2. The van der Waals surface area contributed by atoms with Crippen LogP contribution in [0.4, 0.5) is 0 Å². The predicted octanol–water partition coefficient (Wildman–Crippen LogP) is 5.57. The second-order valence-corrected chi connectivity index (χ2v) is 5.77. The van der Waals surface area contributed by atoms with Gasteiger partial charge in [-0.15, -0.1) is 9.80 Å². The van der Waals surface area contributed by atoms with Gasteiger partial charge < -0.3 is 10.2 Å². The number of phenolic OH excluding ortho intramolecular Hbond substituents is 2. The monoisotopic (exact) mass is 442 g/mol. The summed E-state index contributed by atoms with van der Waals surface area (Å²) in [6.45, 7) is 4.00. The molecule has 0 amide bonds. The smallest absolute Gasteiger partial charge is 0.115 e. The number of fused-ring (bicyclic) bond motifs is 4. The number of aromatic hydroxyl groups is 2. The second kappa shape index (κ2) is 7.79. The van der Waals surface area contributed by atoms with Crippen LogP contribution in [0, 0.1) is 0 Å². The van der Waals surface area contributed by atoms with Gasteiger partial charge in [-0.2, -0.15) is 0 Å². The van der Waals surface area contributed by atoms with E-state index >= 15 is 0 Å². The van der Waals surface area contributed by atoms with Gasteiger partial charge in [0.05, 0.1) is 0 Å². The first-order valence-electron chi connectivity index (χ1n) is 8.01. The Kier molecular flexibility index (Phi) is 6.26. The molecule has 0 fully saturated rings. The van der Waals surface area contributed by atoms with Gasteiger partial charge in [-0.05, 0) is 93.4 Å². The Bertz CT molecular complexity index is 626. The van der Waals surface area contributed by atoms with Crippen molar-refractivity contribution in [1.82, 2.24) is 0 Å². The van der Waals surface area contributed by atoms with Gasteiger partial charge in [0, 0.05) is 5.41 Å². The van der Waals surface area contributed by atoms with Crippen molar-refractivity contribution >= 4 is 31.0 Å². The maximum atomic E-state index is 9.79. The number of hydrogen-bond acceptors (Lipinski definition) is 3. The van der Waals surface area contributed by atoms with E-state index in [1.165, 1.54) is 22.3 Å². The van der Waals surface area contributed by atoms with Gasteiger partial charge in [-0.1, -0.05) is 26.0 Å². The molecule has 1 spiro atoms. The normalized spacial score (nSPS) is 15.8. The Morgan fingerprint density at radius 1 is 0.826 bits per heavy atom. The third-order valence-electron chi connectivity index (χ3n) is 4.86. The summed E-state index contributed by atoms with van der Waals surface area (Å²) in [5.74, 6) is 0.683. The van der Waals surface area contributed by atoms with Crippen molar-refractivity contribution in [2.45, 2.75) is 44.9 Å². The number of benzene rings is 2. The van der Waals surface area contributed by atoms with Crippen LogP contribution in [-0.4, -0.2) is 10.2 Å². The molecular formula is C19H23IO2S. The third-order valence-corrected chi connectivity index (χ3v) is 4.86. The quantitative estimate of drug-likeness (QED) is 0.369. The Labute approximate surface area is 155 Å². The predicted molar refractivity (Wildman–Crippen MR) is 108 cm³/mol. The van der Waals surface area contributed by atoms with Crippen molar-refractivity contribution in [3.8, 4) is 11.5 Å². The molecule has 2 aliphatic rings. The van der Waals surface area contributed by atoms with Gasteiger partial charge in [0.15, 0.2) is 0 Å². The molecule has 0 unspecified atom stereocenters. The molecule has 0 aliphatic heterocycles. The lowest BCUT2D eigenvalue weighted by Crippen LogP contribution is -2.20. The lowest BCUT2D eigenvalue weighted by Gasteiger charge is -2.26. The van der Waals surface area contributed by atoms with Crippen molar-refractivity contribution in [1.29, 1.82) is 0 Å². The molecule has 2 N–H and O–H groups in total. The maximum Gasteiger partial charge on any atom is 0.115 e. The summed E-state index contributed by atoms with van der Waals surface area (Å²) < 4.78 is 0.